The fourth-order valence-corrected chi connectivity index (χ4v) is 1.85. The minimum absolute atomic E-state index is 0.190. The summed E-state index contributed by atoms with van der Waals surface area (Å²) < 4.78 is 4.85. The van der Waals surface area contributed by atoms with Gasteiger partial charge in [-0.3, -0.25) is 4.79 Å². The first-order valence-electron chi connectivity index (χ1n) is 6.12. The minimum Gasteiger partial charge on any atom is -0.464 e. The molecule has 2 unspecified atom stereocenters. The highest BCUT2D eigenvalue weighted by molar-refractivity contribution is 5.79. The highest BCUT2D eigenvalue weighted by Gasteiger charge is 2.29. The molecule has 0 aliphatic carbocycles. The van der Waals surface area contributed by atoms with Gasteiger partial charge in [0.25, 0.3) is 0 Å². The number of esters is 1. The van der Waals surface area contributed by atoms with Crippen molar-refractivity contribution in [2.24, 2.45) is 0 Å². The molecule has 0 aromatic heterocycles. The number of nitrogens with one attached hydrogen (secondary N) is 1. The lowest BCUT2D eigenvalue weighted by atomic mass is 9.96. The van der Waals surface area contributed by atoms with Gasteiger partial charge in [0.05, 0.1) is 6.61 Å². The van der Waals surface area contributed by atoms with Crippen LogP contribution in [0.3, 0.4) is 0 Å². The average Bonchev–Trinajstić information content (AvgIpc) is 2.38. The second-order valence-electron chi connectivity index (χ2n) is 4.32. The summed E-state index contributed by atoms with van der Waals surface area (Å²) >= 11 is 0. The van der Waals surface area contributed by atoms with Crippen LogP contribution in [0.2, 0.25) is 0 Å². The zero-order chi connectivity index (χ0) is 14.4. The number of hydrogen-bond acceptors (Lipinski definition) is 4. The summed E-state index contributed by atoms with van der Waals surface area (Å²) in [6.45, 7) is 5.58. The molecule has 0 aliphatic heterocycles. The van der Waals surface area contributed by atoms with Crippen LogP contribution in [0.4, 0.5) is 0 Å². The molecule has 104 valence electrons. The Morgan fingerprint density at radius 3 is 2.74 bits per heavy atom. The molecule has 2 N–H and O–H groups in total. The van der Waals surface area contributed by atoms with Gasteiger partial charge in [-0.1, -0.05) is 23.8 Å². The van der Waals surface area contributed by atoms with E-state index in [-0.39, 0.29) is 6.61 Å². The van der Waals surface area contributed by atoms with Gasteiger partial charge in [-0.25, -0.2) is 4.79 Å². The maximum atomic E-state index is 11.7. The molecule has 5 heteroatoms. The number of ether oxygens (including phenoxy) is 1. The summed E-state index contributed by atoms with van der Waals surface area (Å²) in [5, 5.41) is 12.6. The molecule has 0 bridgehead atoms. The molecule has 1 rings (SSSR count). The van der Waals surface area contributed by atoms with Crippen LogP contribution < -0.4 is 5.32 Å². The summed E-state index contributed by atoms with van der Waals surface area (Å²) in [7, 11) is 0. The largest absolute Gasteiger partial charge is 0.464 e. The van der Waals surface area contributed by atoms with Crippen molar-refractivity contribution in [2.45, 2.75) is 32.9 Å². The SMILES string of the molecule is CCOC(=O)C(NC=O)C(O)c1cc(C)ccc1C. The lowest BCUT2D eigenvalue weighted by Gasteiger charge is -2.22. The number of aryl methyl sites for hydroxylation is 2. The fraction of sp³-hybridized carbons (Fsp3) is 0.429. The van der Waals surface area contributed by atoms with Crippen molar-refractivity contribution in [2.75, 3.05) is 6.61 Å². The topological polar surface area (TPSA) is 75.6 Å². The molecule has 1 aromatic carbocycles. The second-order valence-corrected chi connectivity index (χ2v) is 4.32. The Morgan fingerprint density at radius 1 is 1.47 bits per heavy atom. The van der Waals surface area contributed by atoms with Crippen molar-refractivity contribution in [1.82, 2.24) is 5.32 Å². The Kier molecular flexibility index (Phi) is 5.51. The normalized spacial score (nSPS) is 13.5. The van der Waals surface area contributed by atoms with Crippen molar-refractivity contribution in [3.05, 3.63) is 34.9 Å². The van der Waals surface area contributed by atoms with Gasteiger partial charge in [0.1, 0.15) is 6.10 Å². The van der Waals surface area contributed by atoms with Gasteiger partial charge in [0.2, 0.25) is 6.41 Å². The minimum atomic E-state index is -1.14. The van der Waals surface area contributed by atoms with Crippen LogP contribution >= 0.6 is 0 Å². The van der Waals surface area contributed by atoms with Crippen LogP contribution in [0, 0.1) is 13.8 Å². The number of rotatable bonds is 6. The predicted octanol–water partition coefficient (Wildman–Crippen LogP) is 1.01. The maximum Gasteiger partial charge on any atom is 0.331 e. The van der Waals surface area contributed by atoms with E-state index in [0.717, 1.165) is 11.1 Å². The summed E-state index contributed by atoms with van der Waals surface area (Å²) in [6.07, 6.45) is -0.750. The molecule has 0 radical (unpaired) electrons. The zero-order valence-corrected chi connectivity index (χ0v) is 11.3. The van der Waals surface area contributed by atoms with Crippen LogP contribution in [0.5, 0.6) is 0 Å². The smallest absolute Gasteiger partial charge is 0.331 e. The van der Waals surface area contributed by atoms with Gasteiger partial charge >= 0.3 is 5.97 Å². The zero-order valence-electron chi connectivity index (χ0n) is 11.3. The van der Waals surface area contributed by atoms with Gasteiger partial charge in [-0.2, -0.15) is 0 Å². The van der Waals surface area contributed by atoms with Crippen LogP contribution in [-0.4, -0.2) is 30.1 Å². The number of carbonyl (C=O) groups excluding carboxylic acids is 2. The Labute approximate surface area is 112 Å². The first kappa shape index (κ1) is 15.2. The number of hydrogen-bond donors (Lipinski definition) is 2. The van der Waals surface area contributed by atoms with Gasteiger partial charge in [-0.15, -0.1) is 0 Å². The summed E-state index contributed by atoms with van der Waals surface area (Å²) in [5.41, 5.74) is 2.42. The van der Waals surface area contributed by atoms with E-state index in [1.807, 2.05) is 26.0 Å². The molecule has 1 amide bonds. The fourth-order valence-electron chi connectivity index (χ4n) is 1.85. The Hall–Kier alpha value is -1.88. The van der Waals surface area contributed by atoms with E-state index in [1.54, 1.807) is 13.0 Å². The first-order valence-corrected chi connectivity index (χ1v) is 6.12. The molecule has 0 fully saturated rings. The molecular weight excluding hydrogens is 246 g/mol. The highest BCUT2D eigenvalue weighted by Crippen LogP contribution is 2.22. The maximum absolute atomic E-state index is 11.7. The number of amides is 1. The number of benzene rings is 1. The molecular formula is C14H19NO4. The standard InChI is InChI=1S/C14H19NO4/c1-4-19-14(18)12(15-8-16)13(17)11-7-9(2)5-6-10(11)3/h5-8,12-13,17H,4H2,1-3H3,(H,15,16). The molecule has 0 aliphatic rings. The van der Waals surface area contributed by atoms with Gasteiger partial charge in [-0.05, 0) is 31.9 Å². The molecule has 2 atom stereocenters. The second kappa shape index (κ2) is 6.89. The molecule has 19 heavy (non-hydrogen) atoms. The number of aliphatic hydroxyl groups is 1. The van der Waals surface area contributed by atoms with Crippen LogP contribution in [0.15, 0.2) is 18.2 Å². The third-order valence-corrected chi connectivity index (χ3v) is 2.86. The predicted molar refractivity (Wildman–Crippen MR) is 70.5 cm³/mol. The molecule has 0 heterocycles. The first-order chi connectivity index (χ1) is 9.01. The van der Waals surface area contributed by atoms with Crippen LogP contribution in [0.1, 0.15) is 29.7 Å². The van der Waals surface area contributed by atoms with Gasteiger partial charge < -0.3 is 15.2 Å². The molecule has 1 aromatic rings. The van der Waals surface area contributed by atoms with Gasteiger partial charge in [0, 0.05) is 0 Å². The summed E-state index contributed by atoms with van der Waals surface area (Å²) in [5.74, 6) is -0.650. The van der Waals surface area contributed by atoms with E-state index in [2.05, 4.69) is 5.32 Å². The number of aliphatic hydroxyl groups excluding tert-OH is 1. The van der Waals surface area contributed by atoms with E-state index in [9.17, 15) is 14.7 Å². The van der Waals surface area contributed by atoms with Crippen molar-refractivity contribution < 1.29 is 19.4 Å². The Balaban J connectivity index is 3.04. The lowest BCUT2D eigenvalue weighted by molar-refractivity contribution is -0.149. The molecule has 0 spiro atoms. The van der Waals surface area contributed by atoms with E-state index in [0.29, 0.717) is 12.0 Å². The van der Waals surface area contributed by atoms with Crippen LogP contribution in [-0.2, 0) is 14.3 Å². The third kappa shape index (κ3) is 3.79. The monoisotopic (exact) mass is 265 g/mol. The van der Waals surface area contributed by atoms with Gasteiger partial charge in [0.15, 0.2) is 6.04 Å². The molecule has 5 nitrogen and oxygen atoms in total. The molecule has 0 saturated heterocycles. The van der Waals surface area contributed by atoms with Crippen LogP contribution in [0.25, 0.3) is 0 Å². The summed E-state index contributed by atoms with van der Waals surface area (Å²) in [4.78, 5) is 22.3. The van der Waals surface area contributed by atoms with E-state index in [1.165, 1.54) is 0 Å². The van der Waals surface area contributed by atoms with E-state index in [4.69, 9.17) is 4.74 Å². The highest BCUT2D eigenvalue weighted by atomic mass is 16.5. The summed E-state index contributed by atoms with van der Waals surface area (Å²) in [6, 6.07) is 4.46. The third-order valence-electron chi connectivity index (χ3n) is 2.86. The average molecular weight is 265 g/mol. The van der Waals surface area contributed by atoms with Crippen molar-refractivity contribution >= 4 is 12.4 Å². The quantitative estimate of drug-likeness (QED) is 0.594. The van der Waals surface area contributed by atoms with Crippen molar-refractivity contribution in [3.63, 3.8) is 0 Å². The lowest BCUT2D eigenvalue weighted by Crippen LogP contribution is -2.42. The van der Waals surface area contributed by atoms with Crippen molar-refractivity contribution in [3.8, 4) is 0 Å². The Morgan fingerprint density at radius 2 is 2.16 bits per heavy atom. The van der Waals surface area contributed by atoms with E-state index >= 15 is 0 Å². The molecule has 0 saturated carbocycles. The number of carbonyl (C=O) groups is 2. The Bertz CT molecular complexity index is 459. The van der Waals surface area contributed by atoms with Crippen molar-refractivity contribution in [1.29, 1.82) is 0 Å². The van der Waals surface area contributed by atoms with E-state index < -0.39 is 18.1 Å².